The Morgan fingerprint density at radius 2 is 1.46 bits per heavy atom. The standard InChI is InChI=1S/C20H23N3O3/c1-12(2)13-6-8-14(9-7-13)18-19(22-23-21-18)15-10-16(24-3)20(26-5)17(11-15)25-4/h6-12H,1-5H3,(H,21,22,23). The normalized spacial score (nSPS) is 10.8. The molecule has 0 saturated carbocycles. The van der Waals surface area contributed by atoms with Crippen LogP contribution in [-0.2, 0) is 0 Å². The van der Waals surface area contributed by atoms with Crippen LogP contribution in [0.25, 0.3) is 22.5 Å². The van der Waals surface area contributed by atoms with Crippen molar-refractivity contribution in [3.05, 3.63) is 42.0 Å². The van der Waals surface area contributed by atoms with Crippen molar-refractivity contribution in [2.24, 2.45) is 0 Å². The maximum Gasteiger partial charge on any atom is 0.203 e. The van der Waals surface area contributed by atoms with Gasteiger partial charge in [-0.1, -0.05) is 43.3 Å². The van der Waals surface area contributed by atoms with Crippen LogP contribution >= 0.6 is 0 Å². The molecule has 0 spiro atoms. The van der Waals surface area contributed by atoms with Crippen molar-refractivity contribution < 1.29 is 14.2 Å². The Morgan fingerprint density at radius 3 is 1.96 bits per heavy atom. The minimum atomic E-state index is 0.485. The van der Waals surface area contributed by atoms with E-state index in [-0.39, 0.29) is 0 Å². The largest absolute Gasteiger partial charge is 0.493 e. The first-order chi connectivity index (χ1) is 12.6. The number of hydrogen-bond donors (Lipinski definition) is 1. The summed E-state index contributed by atoms with van der Waals surface area (Å²) >= 11 is 0. The van der Waals surface area contributed by atoms with E-state index >= 15 is 0 Å². The van der Waals surface area contributed by atoms with Crippen molar-refractivity contribution in [1.29, 1.82) is 0 Å². The Hall–Kier alpha value is -3.02. The molecule has 2 aromatic carbocycles. The summed E-state index contributed by atoms with van der Waals surface area (Å²) in [5.41, 5.74) is 4.70. The van der Waals surface area contributed by atoms with Gasteiger partial charge in [-0.2, -0.15) is 0 Å². The van der Waals surface area contributed by atoms with Crippen LogP contribution in [0.4, 0.5) is 0 Å². The molecule has 0 atom stereocenters. The Labute approximate surface area is 153 Å². The Kier molecular flexibility index (Phi) is 5.11. The van der Waals surface area contributed by atoms with Crippen LogP contribution in [0.15, 0.2) is 36.4 Å². The van der Waals surface area contributed by atoms with Gasteiger partial charge in [0, 0.05) is 11.1 Å². The van der Waals surface area contributed by atoms with Crippen molar-refractivity contribution in [3.63, 3.8) is 0 Å². The van der Waals surface area contributed by atoms with Crippen LogP contribution < -0.4 is 14.2 Å². The summed E-state index contributed by atoms with van der Waals surface area (Å²) in [6.07, 6.45) is 0. The van der Waals surface area contributed by atoms with Crippen LogP contribution in [0.3, 0.4) is 0 Å². The lowest BCUT2D eigenvalue weighted by Gasteiger charge is -2.14. The fourth-order valence-corrected chi connectivity index (χ4v) is 2.88. The highest BCUT2D eigenvalue weighted by Gasteiger charge is 2.18. The molecule has 6 heteroatoms. The fourth-order valence-electron chi connectivity index (χ4n) is 2.88. The van der Waals surface area contributed by atoms with Gasteiger partial charge in [-0.05, 0) is 23.6 Å². The number of aromatic amines is 1. The van der Waals surface area contributed by atoms with Gasteiger partial charge in [-0.25, -0.2) is 0 Å². The average molecular weight is 353 g/mol. The maximum absolute atomic E-state index is 5.44. The summed E-state index contributed by atoms with van der Waals surface area (Å²) in [5, 5.41) is 11.3. The number of rotatable bonds is 6. The summed E-state index contributed by atoms with van der Waals surface area (Å²) in [4.78, 5) is 0. The number of methoxy groups -OCH3 is 3. The highest BCUT2D eigenvalue weighted by molar-refractivity contribution is 5.80. The second kappa shape index (κ2) is 7.47. The molecular formula is C20H23N3O3. The number of H-pyrrole nitrogens is 1. The Morgan fingerprint density at radius 1 is 0.846 bits per heavy atom. The van der Waals surface area contributed by atoms with Gasteiger partial charge in [-0.3, -0.25) is 5.10 Å². The maximum atomic E-state index is 5.44. The van der Waals surface area contributed by atoms with Crippen LogP contribution in [0.1, 0.15) is 25.3 Å². The molecule has 26 heavy (non-hydrogen) atoms. The first-order valence-electron chi connectivity index (χ1n) is 8.40. The lowest BCUT2D eigenvalue weighted by atomic mass is 9.99. The molecule has 0 aliphatic rings. The molecular weight excluding hydrogens is 330 g/mol. The van der Waals surface area contributed by atoms with Crippen molar-refractivity contribution >= 4 is 0 Å². The van der Waals surface area contributed by atoms with Gasteiger partial charge in [0.2, 0.25) is 5.75 Å². The van der Waals surface area contributed by atoms with E-state index in [2.05, 4.69) is 53.5 Å². The molecule has 1 N–H and O–H groups in total. The molecule has 1 heterocycles. The monoisotopic (exact) mass is 353 g/mol. The molecule has 0 bridgehead atoms. The quantitative estimate of drug-likeness (QED) is 0.716. The zero-order valence-electron chi connectivity index (χ0n) is 15.7. The molecule has 0 radical (unpaired) electrons. The first kappa shape index (κ1) is 17.8. The molecule has 0 aliphatic carbocycles. The first-order valence-corrected chi connectivity index (χ1v) is 8.40. The molecule has 3 aromatic rings. The topological polar surface area (TPSA) is 69.3 Å². The third-order valence-electron chi connectivity index (χ3n) is 4.35. The highest BCUT2D eigenvalue weighted by Crippen LogP contribution is 2.42. The molecule has 0 amide bonds. The molecule has 6 nitrogen and oxygen atoms in total. The second-order valence-electron chi connectivity index (χ2n) is 6.23. The minimum Gasteiger partial charge on any atom is -0.493 e. The average Bonchev–Trinajstić information content (AvgIpc) is 3.16. The van der Waals surface area contributed by atoms with E-state index in [9.17, 15) is 0 Å². The van der Waals surface area contributed by atoms with Crippen LogP contribution in [0, 0.1) is 0 Å². The lowest BCUT2D eigenvalue weighted by molar-refractivity contribution is 0.324. The van der Waals surface area contributed by atoms with Gasteiger partial charge in [0.05, 0.1) is 27.0 Å². The van der Waals surface area contributed by atoms with Crippen LogP contribution in [-0.4, -0.2) is 36.7 Å². The number of ether oxygens (including phenoxy) is 3. The van der Waals surface area contributed by atoms with Crippen molar-refractivity contribution in [1.82, 2.24) is 15.4 Å². The summed E-state index contributed by atoms with van der Waals surface area (Å²) in [7, 11) is 4.77. The van der Waals surface area contributed by atoms with E-state index in [0.717, 1.165) is 22.5 Å². The molecule has 1 aromatic heterocycles. The van der Waals surface area contributed by atoms with Crippen molar-refractivity contribution in [2.75, 3.05) is 21.3 Å². The summed E-state index contributed by atoms with van der Waals surface area (Å²) in [5.74, 6) is 2.18. The predicted molar refractivity (Wildman–Crippen MR) is 101 cm³/mol. The third kappa shape index (κ3) is 3.22. The molecule has 0 fully saturated rings. The molecule has 0 unspecified atom stereocenters. The zero-order valence-corrected chi connectivity index (χ0v) is 15.7. The van der Waals surface area contributed by atoms with Crippen molar-refractivity contribution in [3.8, 4) is 39.8 Å². The highest BCUT2D eigenvalue weighted by atomic mass is 16.5. The van der Waals surface area contributed by atoms with E-state index in [4.69, 9.17) is 14.2 Å². The smallest absolute Gasteiger partial charge is 0.203 e. The van der Waals surface area contributed by atoms with Gasteiger partial charge in [0.15, 0.2) is 11.5 Å². The molecule has 3 rings (SSSR count). The van der Waals surface area contributed by atoms with E-state index in [1.165, 1.54) is 5.56 Å². The summed E-state index contributed by atoms with van der Waals surface area (Å²) < 4.78 is 16.3. The van der Waals surface area contributed by atoms with Gasteiger partial charge in [0.1, 0.15) is 5.69 Å². The van der Waals surface area contributed by atoms with E-state index in [1.807, 2.05) is 12.1 Å². The molecule has 136 valence electrons. The summed E-state index contributed by atoms with van der Waals surface area (Å²) in [6.45, 7) is 4.35. The lowest BCUT2D eigenvalue weighted by Crippen LogP contribution is -1.96. The van der Waals surface area contributed by atoms with Gasteiger partial charge >= 0.3 is 0 Å². The van der Waals surface area contributed by atoms with Gasteiger partial charge in [0.25, 0.3) is 0 Å². The predicted octanol–water partition coefficient (Wildman–Crippen LogP) is 4.29. The third-order valence-corrected chi connectivity index (χ3v) is 4.35. The summed E-state index contributed by atoms with van der Waals surface area (Å²) in [6, 6.07) is 12.1. The number of nitrogens with one attached hydrogen (secondary N) is 1. The fraction of sp³-hybridized carbons (Fsp3) is 0.300. The van der Waals surface area contributed by atoms with E-state index in [0.29, 0.717) is 23.2 Å². The number of nitrogens with zero attached hydrogens (tertiary/aromatic N) is 2. The van der Waals surface area contributed by atoms with E-state index in [1.54, 1.807) is 21.3 Å². The zero-order chi connectivity index (χ0) is 18.7. The Balaban J connectivity index is 2.08. The number of hydrogen-bond acceptors (Lipinski definition) is 5. The second-order valence-corrected chi connectivity index (χ2v) is 6.23. The van der Waals surface area contributed by atoms with Gasteiger partial charge in [-0.15, -0.1) is 5.10 Å². The SMILES string of the molecule is COc1cc(-c2nn[nH]c2-c2ccc(C(C)C)cc2)cc(OC)c1OC. The number of benzene rings is 2. The van der Waals surface area contributed by atoms with Gasteiger partial charge < -0.3 is 14.2 Å². The number of aromatic nitrogens is 3. The Bertz CT molecular complexity index is 861. The minimum absolute atomic E-state index is 0.485. The molecule has 0 aliphatic heterocycles. The molecule has 0 saturated heterocycles. The van der Waals surface area contributed by atoms with Crippen LogP contribution in [0.2, 0.25) is 0 Å². The van der Waals surface area contributed by atoms with Crippen LogP contribution in [0.5, 0.6) is 17.2 Å². The van der Waals surface area contributed by atoms with Crippen molar-refractivity contribution in [2.45, 2.75) is 19.8 Å². The van der Waals surface area contributed by atoms with E-state index < -0.39 is 0 Å².